The number of para-hydroxylation sites is 1. The van der Waals surface area contributed by atoms with E-state index in [-0.39, 0.29) is 0 Å². The number of rotatable bonds is 5. The summed E-state index contributed by atoms with van der Waals surface area (Å²) in [6, 6.07) is 20.2. The Labute approximate surface area is 122 Å². The summed E-state index contributed by atoms with van der Waals surface area (Å²) in [5, 5.41) is 3.12. The molecule has 100 valence electrons. The summed E-state index contributed by atoms with van der Waals surface area (Å²) in [5.41, 5.74) is 2.39. The van der Waals surface area contributed by atoms with Gasteiger partial charge in [-0.2, -0.15) is 0 Å². The fraction of sp³-hybridized carbons (Fsp3) is 0.118. The molecular formula is C17H15NOS. The highest BCUT2D eigenvalue weighted by molar-refractivity contribution is 7.09. The van der Waals surface area contributed by atoms with Gasteiger partial charge >= 0.3 is 0 Å². The molecular weight excluding hydrogens is 266 g/mol. The van der Waals surface area contributed by atoms with E-state index in [2.05, 4.69) is 34.6 Å². The van der Waals surface area contributed by atoms with Gasteiger partial charge in [-0.05, 0) is 17.7 Å². The zero-order valence-electron chi connectivity index (χ0n) is 11.0. The van der Waals surface area contributed by atoms with Crippen molar-refractivity contribution in [2.45, 2.75) is 13.0 Å². The number of nitrogens with zero attached hydrogens (tertiary/aromatic N) is 1. The second-order valence-electron chi connectivity index (χ2n) is 4.50. The molecule has 0 aliphatic heterocycles. The Bertz CT molecular complexity index is 649. The summed E-state index contributed by atoms with van der Waals surface area (Å²) in [6.45, 7) is 0.531. The number of benzene rings is 2. The van der Waals surface area contributed by atoms with Gasteiger partial charge in [-0.15, -0.1) is 11.3 Å². The fourth-order valence-corrected chi connectivity index (χ4v) is 2.67. The predicted octanol–water partition coefficient (Wildman–Crippen LogP) is 4.31. The summed E-state index contributed by atoms with van der Waals surface area (Å²) in [4.78, 5) is 4.61. The van der Waals surface area contributed by atoms with Gasteiger partial charge in [0.15, 0.2) is 0 Å². The zero-order valence-corrected chi connectivity index (χ0v) is 11.8. The number of hydrogen-bond acceptors (Lipinski definition) is 3. The van der Waals surface area contributed by atoms with E-state index in [0.717, 1.165) is 22.9 Å². The summed E-state index contributed by atoms with van der Waals surface area (Å²) >= 11 is 1.65. The van der Waals surface area contributed by atoms with E-state index in [1.807, 2.05) is 36.4 Å². The smallest absolute Gasteiger partial charge is 0.140 e. The number of hydrogen-bond donors (Lipinski definition) is 0. The van der Waals surface area contributed by atoms with Crippen LogP contribution in [0.1, 0.15) is 16.3 Å². The molecule has 3 heteroatoms. The maximum atomic E-state index is 5.70. The van der Waals surface area contributed by atoms with Crippen LogP contribution in [0.4, 0.5) is 0 Å². The van der Waals surface area contributed by atoms with Crippen LogP contribution < -0.4 is 4.74 Å². The van der Waals surface area contributed by atoms with Gasteiger partial charge in [0.05, 0.1) is 5.69 Å². The third-order valence-corrected chi connectivity index (χ3v) is 3.80. The second kappa shape index (κ2) is 6.35. The quantitative estimate of drug-likeness (QED) is 0.695. The summed E-state index contributed by atoms with van der Waals surface area (Å²) in [6.07, 6.45) is 0.878. The predicted molar refractivity (Wildman–Crippen MR) is 82.1 cm³/mol. The Hall–Kier alpha value is -2.13. The molecule has 0 radical (unpaired) electrons. The van der Waals surface area contributed by atoms with E-state index in [0.29, 0.717) is 6.61 Å². The number of aromatic nitrogens is 1. The molecule has 3 rings (SSSR count). The van der Waals surface area contributed by atoms with E-state index < -0.39 is 0 Å². The van der Waals surface area contributed by atoms with Crippen LogP contribution in [0.5, 0.6) is 5.75 Å². The average Bonchev–Trinajstić information content (AvgIpc) is 2.95. The molecule has 1 aromatic heterocycles. The molecule has 0 unspecified atom stereocenters. The van der Waals surface area contributed by atoms with Gasteiger partial charge < -0.3 is 4.74 Å². The maximum absolute atomic E-state index is 5.70. The normalized spacial score (nSPS) is 10.4. The first-order chi connectivity index (χ1) is 9.90. The van der Waals surface area contributed by atoms with Crippen molar-refractivity contribution in [1.82, 2.24) is 4.98 Å². The van der Waals surface area contributed by atoms with Crippen LogP contribution in [0, 0.1) is 0 Å². The van der Waals surface area contributed by atoms with Crippen LogP contribution in [0.2, 0.25) is 0 Å². The minimum atomic E-state index is 0.531. The van der Waals surface area contributed by atoms with Crippen molar-refractivity contribution in [3.05, 3.63) is 82.3 Å². The fourth-order valence-electron chi connectivity index (χ4n) is 1.96. The first-order valence-corrected chi connectivity index (χ1v) is 7.43. The van der Waals surface area contributed by atoms with Crippen LogP contribution in [0.3, 0.4) is 0 Å². The van der Waals surface area contributed by atoms with Crippen LogP contribution in [-0.2, 0) is 13.0 Å². The van der Waals surface area contributed by atoms with Gasteiger partial charge in [-0.1, -0.05) is 48.5 Å². The molecule has 0 N–H and O–H groups in total. The summed E-state index contributed by atoms with van der Waals surface area (Å²) < 4.78 is 5.70. The maximum Gasteiger partial charge on any atom is 0.140 e. The molecule has 0 saturated heterocycles. The van der Waals surface area contributed by atoms with Crippen LogP contribution in [0.25, 0.3) is 0 Å². The topological polar surface area (TPSA) is 22.1 Å². The Balaban J connectivity index is 1.60. The molecule has 0 spiro atoms. The van der Waals surface area contributed by atoms with Crippen molar-refractivity contribution < 1.29 is 4.74 Å². The lowest BCUT2D eigenvalue weighted by Crippen LogP contribution is -1.95. The lowest BCUT2D eigenvalue weighted by atomic mass is 10.1. The highest BCUT2D eigenvalue weighted by atomic mass is 32.1. The van der Waals surface area contributed by atoms with Gasteiger partial charge in [0, 0.05) is 11.8 Å². The van der Waals surface area contributed by atoms with Crippen molar-refractivity contribution in [2.24, 2.45) is 0 Å². The molecule has 3 aromatic rings. The molecule has 1 heterocycles. The minimum Gasteiger partial charge on any atom is -0.486 e. The Morgan fingerprint density at radius 1 is 0.900 bits per heavy atom. The van der Waals surface area contributed by atoms with Crippen LogP contribution in [-0.4, -0.2) is 4.98 Å². The third kappa shape index (κ3) is 3.45. The Morgan fingerprint density at radius 3 is 2.35 bits per heavy atom. The van der Waals surface area contributed by atoms with Gasteiger partial charge in [0.2, 0.25) is 0 Å². The Morgan fingerprint density at radius 2 is 1.60 bits per heavy atom. The minimum absolute atomic E-state index is 0.531. The Kier molecular flexibility index (Phi) is 4.09. The first-order valence-electron chi connectivity index (χ1n) is 6.55. The third-order valence-electron chi connectivity index (χ3n) is 2.93. The lowest BCUT2D eigenvalue weighted by Gasteiger charge is -2.02. The molecule has 0 bridgehead atoms. The van der Waals surface area contributed by atoms with E-state index >= 15 is 0 Å². The molecule has 2 nitrogen and oxygen atoms in total. The van der Waals surface area contributed by atoms with Gasteiger partial charge in [-0.25, -0.2) is 4.98 Å². The SMILES string of the molecule is c1ccc(Cc2csc(COc3ccccc3)n2)cc1. The zero-order chi connectivity index (χ0) is 13.6. The van der Waals surface area contributed by atoms with Gasteiger partial charge in [-0.3, -0.25) is 0 Å². The number of thiazole rings is 1. The molecule has 0 amide bonds. The van der Waals surface area contributed by atoms with E-state index in [1.54, 1.807) is 11.3 Å². The molecule has 0 aliphatic rings. The molecule has 0 saturated carbocycles. The summed E-state index contributed by atoms with van der Waals surface area (Å²) in [5.74, 6) is 0.882. The van der Waals surface area contributed by atoms with Crippen LogP contribution in [0.15, 0.2) is 66.0 Å². The highest BCUT2D eigenvalue weighted by Gasteiger charge is 2.04. The molecule has 0 atom stereocenters. The molecule has 20 heavy (non-hydrogen) atoms. The monoisotopic (exact) mass is 281 g/mol. The van der Waals surface area contributed by atoms with E-state index in [1.165, 1.54) is 5.56 Å². The highest BCUT2D eigenvalue weighted by Crippen LogP contribution is 2.16. The molecule has 2 aromatic carbocycles. The van der Waals surface area contributed by atoms with Crippen molar-refractivity contribution in [2.75, 3.05) is 0 Å². The summed E-state index contributed by atoms with van der Waals surface area (Å²) in [7, 11) is 0. The molecule has 0 fully saturated rings. The number of ether oxygens (including phenoxy) is 1. The van der Waals surface area contributed by atoms with Crippen molar-refractivity contribution >= 4 is 11.3 Å². The standard InChI is InChI=1S/C17H15NOS/c1-3-7-14(8-4-1)11-15-13-20-17(18-15)12-19-16-9-5-2-6-10-16/h1-10,13H,11-12H2. The van der Waals surface area contributed by atoms with E-state index in [4.69, 9.17) is 4.74 Å². The lowest BCUT2D eigenvalue weighted by molar-refractivity contribution is 0.305. The van der Waals surface area contributed by atoms with Crippen molar-refractivity contribution in [3.63, 3.8) is 0 Å². The van der Waals surface area contributed by atoms with Crippen LogP contribution >= 0.6 is 11.3 Å². The molecule has 0 aliphatic carbocycles. The average molecular weight is 281 g/mol. The second-order valence-corrected chi connectivity index (χ2v) is 5.44. The van der Waals surface area contributed by atoms with E-state index in [9.17, 15) is 0 Å². The van der Waals surface area contributed by atoms with Gasteiger partial charge in [0.25, 0.3) is 0 Å². The van der Waals surface area contributed by atoms with Gasteiger partial charge in [0.1, 0.15) is 17.4 Å². The largest absolute Gasteiger partial charge is 0.486 e. The first kappa shape index (κ1) is 12.9. The van der Waals surface area contributed by atoms with Crippen molar-refractivity contribution in [1.29, 1.82) is 0 Å². The van der Waals surface area contributed by atoms with Crippen molar-refractivity contribution in [3.8, 4) is 5.75 Å².